The molecule has 0 spiro atoms. The summed E-state index contributed by atoms with van der Waals surface area (Å²) in [4.78, 5) is 43.8. The molecular formula is C42H40F9N9O4. The van der Waals surface area contributed by atoms with E-state index in [1.807, 2.05) is 38.1 Å². The van der Waals surface area contributed by atoms with Gasteiger partial charge in [-0.2, -0.15) is 39.5 Å². The number of piperazine rings is 1. The Morgan fingerprint density at radius 2 is 1.28 bits per heavy atom. The number of hydrogen-bond acceptors (Lipinski definition) is 11. The number of alkyl halides is 9. The number of nitrogens with zero attached hydrogens (tertiary/aromatic N) is 6. The van der Waals surface area contributed by atoms with Gasteiger partial charge in [-0.05, 0) is 48.6 Å². The van der Waals surface area contributed by atoms with Crippen LogP contribution in [0.25, 0.3) is 33.3 Å². The molecule has 3 aliphatic rings. The normalized spacial score (nSPS) is 17.5. The van der Waals surface area contributed by atoms with E-state index in [9.17, 15) is 49.1 Å². The van der Waals surface area contributed by atoms with Crippen molar-refractivity contribution in [1.29, 1.82) is 0 Å². The molecule has 0 radical (unpaired) electrons. The first-order valence-corrected chi connectivity index (χ1v) is 20.1. The minimum atomic E-state index is -5.01. The lowest BCUT2D eigenvalue weighted by atomic mass is 9.97. The quantitative estimate of drug-likeness (QED) is 0.122. The summed E-state index contributed by atoms with van der Waals surface area (Å²) < 4.78 is 132. The Labute approximate surface area is 359 Å². The number of cyclic esters (lactones) is 2. The summed E-state index contributed by atoms with van der Waals surface area (Å²) in [7, 11) is 0. The number of halogens is 9. The van der Waals surface area contributed by atoms with Crippen molar-refractivity contribution in [3.8, 4) is 22.5 Å². The lowest BCUT2D eigenvalue weighted by Gasteiger charge is -2.31. The lowest BCUT2D eigenvalue weighted by Crippen LogP contribution is -2.44. The molecule has 2 atom stereocenters. The molecule has 7 heterocycles. The molecule has 0 saturated carbocycles. The van der Waals surface area contributed by atoms with Gasteiger partial charge in [0, 0.05) is 68.2 Å². The van der Waals surface area contributed by atoms with E-state index in [0.29, 0.717) is 43.5 Å². The van der Waals surface area contributed by atoms with E-state index >= 15 is 0 Å². The maximum Gasteiger partial charge on any atom is 0.430 e. The number of carbonyl (C=O) groups is 2. The Balaban J connectivity index is 0.000000192. The number of benzene rings is 1. The molecule has 0 unspecified atom stereocenters. The number of nitrogens with one attached hydrogen (secondary N) is 3. The summed E-state index contributed by atoms with van der Waals surface area (Å²) in [5.41, 5.74) is -1.90. The Morgan fingerprint density at radius 1 is 0.719 bits per heavy atom. The predicted molar refractivity (Wildman–Crippen MR) is 218 cm³/mol. The van der Waals surface area contributed by atoms with Crippen LogP contribution in [-0.4, -0.2) is 83.7 Å². The van der Waals surface area contributed by atoms with Gasteiger partial charge in [-0.25, -0.2) is 29.5 Å². The summed E-state index contributed by atoms with van der Waals surface area (Å²) >= 11 is 0. The Kier molecular flexibility index (Phi) is 13.1. The number of unbranched alkanes of at least 4 members (excludes halogenated alkanes) is 1. The van der Waals surface area contributed by atoms with Crippen molar-refractivity contribution in [2.24, 2.45) is 0 Å². The minimum absolute atomic E-state index is 0.00464. The molecule has 2 amide bonds. The Hall–Kier alpha value is -6.45. The summed E-state index contributed by atoms with van der Waals surface area (Å²) in [6, 6.07) is 13.6. The van der Waals surface area contributed by atoms with Crippen molar-refractivity contribution in [2.45, 2.75) is 63.8 Å². The highest BCUT2D eigenvalue weighted by molar-refractivity contribution is 5.96. The Bertz CT molecular complexity index is 2510. The highest BCUT2D eigenvalue weighted by Crippen LogP contribution is 2.48. The monoisotopic (exact) mass is 905 g/mol. The molecule has 0 aliphatic carbocycles. The number of aromatic nitrogens is 4. The van der Waals surface area contributed by atoms with Crippen molar-refractivity contribution in [2.75, 3.05) is 59.7 Å². The van der Waals surface area contributed by atoms with Gasteiger partial charge >= 0.3 is 30.7 Å². The summed E-state index contributed by atoms with van der Waals surface area (Å²) in [6.45, 7) is 7.72. The van der Waals surface area contributed by atoms with Crippen LogP contribution in [0, 0.1) is 0 Å². The fraction of sp³-hybridized carbons (Fsp3) is 0.381. The number of amides is 2. The van der Waals surface area contributed by atoms with E-state index in [1.54, 1.807) is 11.0 Å². The molecule has 8 rings (SSSR count). The molecule has 1 saturated heterocycles. The molecular weight excluding hydrogens is 866 g/mol. The number of carbonyl (C=O) groups excluding carboxylic acids is 2. The summed E-state index contributed by atoms with van der Waals surface area (Å²) in [6.07, 6.45) is -17.6. The summed E-state index contributed by atoms with van der Waals surface area (Å²) in [5.74, 6) is 0.104. The van der Waals surface area contributed by atoms with Crippen LogP contribution in [-0.2, 0) is 15.7 Å². The maximum absolute atomic E-state index is 13.7. The van der Waals surface area contributed by atoms with Crippen LogP contribution in [0.5, 0.6) is 0 Å². The van der Waals surface area contributed by atoms with Gasteiger partial charge in [-0.3, -0.25) is 10.6 Å². The largest absolute Gasteiger partial charge is 0.431 e. The van der Waals surface area contributed by atoms with Crippen molar-refractivity contribution < 1.29 is 58.6 Å². The van der Waals surface area contributed by atoms with Crippen LogP contribution in [0.3, 0.4) is 0 Å². The van der Waals surface area contributed by atoms with Gasteiger partial charge in [0.05, 0.1) is 28.1 Å². The average Bonchev–Trinajstić information content (AvgIpc) is 3.25. The van der Waals surface area contributed by atoms with E-state index in [2.05, 4.69) is 45.3 Å². The number of rotatable bonds is 9. The van der Waals surface area contributed by atoms with Gasteiger partial charge in [0.25, 0.3) is 0 Å². The molecule has 340 valence electrons. The molecule has 1 aromatic carbocycles. The lowest BCUT2D eigenvalue weighted by molar-refractivity contribution is -0.206. The van der Waals surface area contributed by atoms with Crippen LogP contribution in [0.15, 0.2) is 67.0 Å². The highest BCUT2D eigenvalue weighted by atomic mass is 19.4. The smallest absolute Gasteiger partial charge is 0.430 e. The first kappa shape index (κ1) is 45.6. The minimum Gasteiger partial charge on any atom is -0.431 e. The number of hydrogen-bond donors (Lipinski definition) is 3. The van der Waals surface area contributed by atoms with Crippen molar-refractivity contribution in [1.82, 2.24) is 25.3 Å². The topological polar surface area (TPSA) is 147 Å². The van der Waals surface area contributed by atoms with Gasteiger partial charge in [0.15, 0.2) is 0 Å². The van der Waals surface area contributed by atoms with E-state index in [0.717, 1.165) is 61.7 Å². The molecule has 13 nitrogen and oxygen atoms in total. The van der Waals surface area contributed by atoms with Gasteiger partial charge in [-0.15, -0.1) is 0 Å². The molecule has 3 N–H and O–H groups in total. The van der Waals surface area contributed by atoms with Crippen molar-refractivity contribution in [3.63, 3.8) is 0 Å². The number of anilines is 4. The van der Waals surface area contributed by atoms with Crippen molar-refractivity contribution >= 4 is 46.2 Å². The number of ether oxygens (including phenoxy) is 2. The standard InChI is InChI=1S/C21H22F6N4O2.C21H18F3N5O2/c1-3-5-9-31(8-4-2)15-11-12(20(22,23)24)10-14(29-15)13-6-7-28-18-16(13)17(21(25,26)27)33-19(32)30-18;22-21(23,24)17-16-14(5-6-26-18(16)28-20(30)31-17)15-11-12-3-1-2-4-13(12)19(27-15)29-9-7-25-8-10-29/h6-7,10-11,17H,3-5,8-9H2,1-2H3,(H,28,30,32);1-6,11,17,25H,7-10H2,(H,26,28,30)/t2*17-/m11/s1. The molecule has 5 aromatic rings. The number of pyridine rings is 4. The second-order valence-corrected chi connectivity index (χ2v) is 14.9. The van der Waals surface area contributed by atoms with Gasteiger partial charge in [-0.1, -0.05) is 44.5 Å². The molecule has 22 heteroatoms. The second-order valence-electron chi connectivity index (χ2n) is 14.9. The van der Waals surface area contributed by atoms with Crippen LogP contribution in [0.1, 0.15) is 62.0 Å². The fourth-order valence-electron chi connectivity index (χ4n) is 7.54. The molecule has 0 bridgehead atoms. The zero-order chi connectivity index (χ0) is 46.0. The first-order valence-electron chi connectivity index (χ1n) is 20.1. The highest BCUT2D eigenvalue weighted by Gasteiger charge is 2.50. The second kappa shape index (κ2) is 18.3. The van der Waals surface area contributed by atoms with E-state index < -0.39 is 59.9 Å². The van der Waals surface area contributed by atoms with Crippen LogP contribution in [0.4, 0.5) is 72.4 Å². The molecule has 3 aliphatic heterocycles. The first-order chi connectivity index (χ1) is 30.4. The van der Waals surface area contributed by atoms with E-state index in [4.69, 9.17) is 4.98 Å². The summed E-state index contributed by atoms with van der Waals surface area (Å²) in [5, 5.41) is 9.41. The van der Waals surface area contributed by atoms with Crippen LogP contribution in [0.2, 0.25) is 0 Å². The van der Waals surface area contributed by atoms with Crippen LogP contribution >= 0.6 is 0 Å². The average molecular weight is 906 g/mol. The Morgan fingerprint density at radius 3 is 1.81 bits per heavy atom. The van der Waals surface area contributed by atoms with Gasteiger partial charge in [0.1, 0.15) is 23.3 Å². The zero-order valence-electron chi connectivity index (χ0n) is 34.1. The third kappa shape index (κ3) is 9.85. The fourth-order valence-corrected chi connectivity index (χ4v) is 7.54. The SMILES string of the molecule is CCCCN(CCC)c1cc(C(F)(F)F)cc(-c2ccnc3c2[C@H](C(F)(F)F)OC(=O)N3)n1.O=C1Nc2nccc(-c3cc4ccccc4c(N4CCNCC4)n3)c2[C@H](C(F)(F)F)O1. The van der Waals surface area contributed by atoms with Crippen molar-refractivity contribution in [3.05, 3.63) is 83.7 Å². The zero-order valence-corrected chi connectivity index (χ0v) is 34.1. The predicted octanol–water partition coefficient (Wildman–Crippen LogP) is 10.2. The number of fused-ring (bicyclic) bond motifs is 3. The van der Waals surface area contributed by atoms with E-state index in [-0.39, 0.29) is 34.0 Å². The maximum atomic E-state index is 13.7. The molecule has 4 aromatic heterocycles. The van der Waals surface area contributed by atoms with Gasteiger partial charge < -0.3 is 24.6 Å². The third-order valence-electron chi connectivity index (χ3n) is 10.4. The molecule has 1 fully saturated rings. The van der Waals surface area contributed by atoms with Crippen LogP contribution < -0.4 is 25.8 Å². The molecule has 64 heavy (non-hydrogen) atoms. The third-order valence-corrected chi connectivity index (χ3v) is 10.4. The van der Waals surface area contributed by atoms with E-state index in [1.165, 1.54) is 12.3 Å². The van der Waals surface area contributed by atoms with Gasteiger partial charge in [0.2, 0.25) is 12.2 Å².